The van der Waals surface area contributed by atoms with Crippen LogP contribution in [0.1, 0.15) is 18.4 Å². The molecule has 1 saturated carbocycles. The van der Waals surface area contributed by atoms with Gasteiger partial charge in [0.1, 0.15) is 6.04 Å². The van der Waals surface area contributed by atoms with Crippen LogP contribution in [0.3, 0.4) is 0 Å². The van der Waals surface area contributed by atoms with E-state index < -0.39 is 0 Å². The van der Waals surface area contributed by atoms with E-state index in [0.29, 0.717) is 5.92 Å². The number of ether oxygens (including phenoxy) is 1. The van der Waals surface area contributed by atoms with E-state index in [1.807, 2.05) is 25.1 Å². The molecule has 1 aliphatic carbocycles. The van der Waals surface area contributed by atoms with Gasteiger partial charge in [0, 0.05) is 10.2 Å². The first-order chi connectivity index (χ1) is 8.11. The Balaban J connectivity index is 2.16. The Bertz CT molecular complexity index is 429. The lowest BCUT2D eigenvalue weighted by atomic mass is 10.1. The van der Waals surface area contributed by atoms with Gasteiger partial charge in [0.05, 0.1) is 7.11 Å². The number of carbonyl (C=O) groups is 1. The first-order valence-electron chi connectivity index (χ1n) is 5.72. The van der Waals surface area contributed by atoms with Gasteiger partial charge in [-0.1, -0.05) is 22.0 Å². The third-order valence-electron chi connectivity index (χ3n) is 3.06. The van der Waals surface area contributed by atoms with E-state index in [-0.39, 0.29) is 12.0 Å². The highest BCUT2D eigenvalue weighted by molar-refractivity contribution is 9.10. The molecule has 1 aromatic rings. The molecule has 0 heterocycles. The molecule has 1 fully saturated rings. The molecule has 0 aromatic heterocycles. The average molecular weight is 298 g/mol. The number of nitrogens with one attached hydrogen (secondary N) is 1. The van der Waals surface area contributed by atoms with Crippen molar-refractivity contribution in [2.45, 2.75) is 25.8 Å². The number of carbonyl (C=O) groups excluding carboxylic acids is 1. The SMILES string of the molecule is COC(=O)C(Nc1cc(Br)ccc1C)C1CC1. The summed E-state index contributed by atoms with van der Waals surface area (Å²) in [5.41, 5.74) is 2.12. The normalized spacial score (nSPS) is 16.4. The fraction of sp³-hybridized carbons (Fsp3) is 0.462. The quantitative estimate of drug-likeness (QED) is 0.868. The number of esters is 1. The van der Waals surface area contributed by atoms with Crippen molar-refractivity contribution in [3.8, 4) is 0 Å². The Kier molecular flexibility index (Phi) is 3.72. The van der Waals surface area contributed by atoms with Gasteiger partial charge in [-0.25, -0.2) is 4.79 Å². The van der Waals surface area contributed by atoms with Gasteiger partial charge in [-0.3, -0.25) is 0 Å². The van der Waals surface area contributed by atoms with Crippen molar-refractivity contribution in [1.82, 2.24) is 0 Å². The maximum atomic E-state index is 11.7. The van der Waals surface area contributed by atoms with Crippen LogP contribution in [0, 0.1) is 12.8 Å². The van der Waals surface area contributed by atoms with Gasteiger partial charge in [-0.05, 0) is 43.4 Å². The summed E-state index contributed by atoms with van der Waals surface area (Å²) in [5, 5.41) is 3.30. The van der Waals surface area contributed by atoms with Crippen LogP contribution in [0.2, 0.25) is 0 Å². The minimum atomic E-state index is -0.215. The molecule has 0 radical (unpaired) electrons. The summed E-state index contributed by atoms with van der Waals surface area (Å²) >= 11 is 3.44. The third-order valence-corrected chi connectivity index (χ3v) is 3.55. The fourth-order valence-electron chi connectivity index (χ4n) is 1.84. The molecule has 1 aromatic carbocycles. The molecule has 1 atom stereocenters. The molecule has 92 valence electrons. The molecule has 1 N–H and O–H groups in total. The van der Waals surface area contributed by atoms with Crippen LogP contribution in [0.25, 0.3) is 0 Å². The van der Waals surface area contributed by atoms with Gasteiger partial charge in [0.25, 0.3) is 0 Å². The van der Waals surface area contributed by atoms with Gasteiger partial charge in [-0.15, -0.1) is 0 Å². The standard InChI is InChI=1S/C13H16BrNO2/c1-8-3-6-10(14)7-11(8)15-12(9-4-5-9)13(16)17-2/h3,6-7,9,12,15H,4-5H2,1-2H3. The Morgan fingerprint density at radius 1 is 1.53 bits per heavy atom. The minimum absolute atomic E-state index is 0.174. The van der Waals surface area contributed by atoms with Crippen molar-refractivity contribution in [2.24, 2.45) is 5.92 Å². The average Bonchev–Trinajstić information content (AvgIpc) is 3.13. The molecular formula is C13H16BrNO2. The number of hydrogen-bond donors (Lipinski definition) is 1. The van der Waals surface area contributed by atoms with Gasteiger partial charge < -0.3 is 10.1 Å². The van der Waals surface area contributed by atoms with Crippen molar-refractivity contribution in [3.63, 3.8) is 0 Å². The van der Waals surface area contributed by atoms with Gasteiger partial charge >= 0.3 is 5.97 Å². The van der Waals surface area contributed by atoms with Crippen LogP contribution in [-0.2, 0) is 9.53 Å². The van der Waals surface area contributed by atoms with E-state index >= 15 is 0 Å². The lowest BCUT2D eigenvalue weighted by Crippen LogP contribution is -2.32. The maximum Gasteiger partial charge on any atom is 0.328 e. The number of methoxy groups -OCH3 is 1. The van der Waals surface area contributed by atoms with E-state index in [0.717, 1.165) is 28.6 Å². The van der Waals surface area contributed by atoms with Crippen LogP contribution < -0.4 is 5.32 Å². The molecule has 0 bridgehead atoms. The molecular weight excluding hydrogens is 282 g/mol. The summed E-state index contributed by atoms with van der Waals surface area (Å²) in [7, 11) is 1.44. The van der Waals surface area contributed by atoms with Crippen LogP contribution in [-0.4, -0.2) is 19.1 Å². The van der Waals surface area contributed by atoms with Gasteiger partial charge in [0.15, 0.2) is 0 Å². The Morgan fingerprint density at radius 3 is 2.82 bits per heavy atom. The largest absolute Gasteiger partial charge is 0.467 e. The summed E-state index contributed by atoms with van der Waals surface area (Å²) in [6, 6.07) is 5.79. The van der Waals surface area contributed by atoms with Crippen molar-refractivity contribution < 1.29 is 9.53 Å². The minimum Gasteiger partial charge on any atom is -0.467 e. The van der Waals surface area contributed by atoms with Crippen molar-refractivity contribution >= 4 is 27.6 Å². The lowest BCUT2D eigenvalue weighted by molar-refractivity contribution is -0.142. The molecule has 2 rings (SSSR count). The molecule has 1 aliphatic rings. The number of aryl methyl sites for hydroxylation is 1. The Hall–Kier alpha value is -1.03. The maximum absolute atomic E-state index is 11.7. The third kappa shape index (κ3) is 3.00. The summed E-state index contributed by atoms with van der Waals surface area (Å²) < 4.78 is 5.85. The Labute approximate surface area is 110 Å². The topological polar surface area (TPSA) is 38.3 Å². The second-order valence-electron chi connectivity index (χ2n) is 4.44. The zero-order valence-corrected chi connectivity index (χ0v) is 11.6. The van der Waals surface area contributed by atoms with Gasteiger partial charge in [-0.2, -0.15) is 0 Å². The number of halogens is 1. The predicted molar refractivity (Wildman–Crippen MR) is 71.0 cm³/mol. The highest BCUT2D eigenvalue weighted by atomic mass is 79.9. The summed E-state index contributed by atoms with van der Waals surface area (Å²) in [6.45, 7) is 2.02. The molecule has 0 spiro atoms. The molecule has 1 unspecified atom stereocenters. The van der Waals surface area contributed by atoms with Crippen molar-refractivity contribution in [1.29, 1.82) is 0 Å². The molecule has 0 amide bonds. The molecule has 3 nitrogen and oxygen atoms in total. The highest BCUT2D eigenvalue weighted by Crippen LogP contribution is 2.35. The zero-order valence-electron chi connectivity index (χ0n) is 10.00. The summed E-state index contributed by atoms with van der Waals surface area (Å²) in [4.78, 5) is 11.7. The lowest BCUT2D eigenvalue weighted by Gasteiger charge is -2.18. The molecule has 17 heavy (non-hydrogen) atoms. The van der Waals surface area contributed by atoms with Crippen LogP contribution in [0.4, 0.5) is 5.69 Å². The van der Waals surface area contributed by atoms with E-state index in [4.69, 9.17) is 4.74 Å². The predicted octanol–water partition coefficient (Wildman–Crippen LogP) is 3.12. The van der Waals surface area contributed by atoms with Crippen LogP contribution in [0.5, 0.6) is 0 Å². The van der Waals surface area contributed by atoms with E-state index in [9.17, 15) is 4.79 Å². The van der Waals surface area contributed by atoms with Gasteiger partial charge in [0.2, 0.25) is 0 Å². The number of hydrogen-bond acceptors (Lipinski definition) is 3. The second-order valence-corrected chi connectivity index (χ2v) is 5.36. The van der Waals surface area contributed by atoms with E-state index in [1.54, 1.807) is 0 Å². The van der Waals surface area contributed by atoms with Crippen LogP contribution in [0.15, 0.2) is 22.7 Å². The first kappa shape index (κ1) is 12.4. The smallest absolute Gasteiger partial charge is 0.328 e. The Morgan fingerprint density at radius 2 is 2.24 bits per heavy atom. The molecule has 0 aliphatic heterocycles. The van der Waals surface area contributed by atoms with Crippen molar-refractivity contribution in [2.75, 3.05) is 12.4 Å². The highest BCUT2D eigenvalue weighted by Gasteiger charge is 2.37. The monoisotopic (exact) mass is 297 g/mol. The van der Waals surface area contributed by atoms with E-state index in [2.05, 4.69) is 21.2 Å². The number of benzene rings is 1. The van der Waals surface area contributed by atoms with E-state index in [1.165, 1.54) is 7.11 Å². The summed E-state index contributed by atoms with van der Waals surface area (Å²) in [5.74, 6) is 0.243. The first-order valence-corrected chi connectivity index (χ1v) is 6.51. The molecule has 4 heteroatoms. The fourth-order valence-corrected chi connectivity index (χ4v) is 2.20. The number of anilines is 1. The van der Waals surface area contributed by atoms with Crippen LogP contribution >= 0.6 is 15.9 Å². The second kappa shape index (κ2) is 5.08. The number of rotatable bonds is 4. The zero-order chi connectivity index (χ0) is 12.4. The van der Waals surface area contributed by atoms with Crippen molar-refractivity contribution in [3.05, 3.63) is 28.2 Å². The molecule has 0 saturated heterocycles. The summed E-state index contributed by atoms with van der Waals surface area (Å²) in [6.07, 6.45) is 2.19.